The van der Waals surface area contributed by atoms with Crippen LogP contribution in [0.5, 0.6) is 5.75 Å². The van der Waals surface area contributed by atoms with Gasteiger partial charge in [-0.05, 0) is 56.0 Å². The monoisotopic (exact) mass is 448 g/mol. The zero-order chi connectivity index (χ0) is 22.2. The molecule has 0 radical (unpaired) electrons. The maximum absolute atomic E-state index is 12.8. The van der Waals surface area contributed by atoms with Gasteiger partial charge in [-0.25, -0.2) is 9.78 Å². The third-order valence-electron chi connectivity index (χ3n) is 6.37. The number of hydrogen-bond acceptors (Lipinski definition) is 6. The van der Waals surface area contributed by atoms with Crippen molar-refractivity contribution >= 4 is 38.4 Å². The highest BCUT2D eigenvalue weighted by Gasteiger charge is 2.26. The van der Waals surface area contributed by atoms with E-state index in [0.717, 1.165) is 34.3 Å². The smallest absolute Gasteiger partial charge is 0.339 e. The minimum atomic E-state index is -0.442. The zero-order valence-electron chi connectivity index (χ0n) is 17.8. The van der Waals surface area contributed by atoms with Crippen molar-refractivity contribution in [2.45, 2.75) is 38.5 Å². The van der Waals surface area contributed by atoms with Crippen LogP contribution >= 0.6 is 11.3 Å². The number of rotatable bonds is 4. The SMILES string of the molecule is Cc1c(CCC(=O)N2CCC(c3nc4ccccc4s3)CC2)c(=O)oc2cc(O)ccc12. The third-order valence-corrected chi connectivity index (χ3v) is 7.57. The van der Waals surface area contributed by atoms with Crippen molar-refractivity contribution in [2.75, 3.05) is 13.1 Å². The minimum Gasteiger partial charge on any atom is -0.508 e. The lowest BCUT2D eigenvalue weighted by Gasteiger charge is -2.31. The number of aromatic hydroxyl groups is 1. The predicted molar refractivity (Wildman–Crippen MR) is 125 cm³/mol. The Morgan fingerprint density at radius 2 is 2.00 bits per heavy atom. The fourth-order valence-corrected chi connectivity index (χ4v) is 5.64. The largest absolute Gasteiger partial charge is 0.508 e. The zero-order valence-corrected chi connectivity index (χ0v) is 18.7. The van der Waals surface area contributed by atoms with Crippen molar-refractivity contribution in [3.8, 4) is 5.75 Å². The summed E-state index contributed by atoms with van der Waals surface area (Å²) in [7, 11) is 0. The van der Waals surface area contributed by atoms with Gasteiger partial charge in [-0.2, -0.15) is 0 Å². The highest BCUT2D eigenvalue weighted by Crippen LogP contribution is 2.34. The van der Waals surface area contributed by atoms with Crippen LogP contribution in [0.25, 0.3) is 21.2 Å². The van der Waals surface area contributed by atoms with E-state index in [9.17, 15) is 14.7 Å². The van der Waals surface area contributed by atoms with Crippen LogP contribution in [0.1, 0.15) is 41.3 Å². The summed E-state index contributed by atoms with van der Waals surface area (Å²) in [5.41, 5.74) is 2.30. The van der Waals surface area contributed by atoms with E-state index in [1.807, 2.05) is 30.0 Å². The second-order valence-electron chi connectivity index (χ2n) is 8.35. The highest BCUT2D eigenvalue weighted by atomic mass is 32.1. The molecule has 6 nitrogen and oxygen atoms in total. The average Bonchev–Trinajstić information content (AvgIpc) is 3.23. The lowest BCUT2D eigenvalue weighted by Crippen LogP contribution is -2.38. The van der Waals surface area contributed by atoms with Gasteiger partial charge in [0.2, 0.25) is 5.91 Å². The number of phenols is 1. The van der Waals surface area contributed by atoms with Gasteiger partial charge in [0.25, 0.3) is 0 Å². The number of amides is 1. The summed E-state index contributed by atoms with van der Waals surface area (Å²) in [5, 5.41) is 11.6. The lowest BCUT2D eigenvalue weighted by molar-refractivity contribution is -0.132. The first-order valence-electron chi connectivity index (χ1n) is 10.9. The van der Waals surface area contributed by atoms with E-state index in [1.165, 1.54) is 10.8 Å². The van der Waals surface area contributed by atoms with Crippen LogP contribution in [0, 0.1) is 6.92 Å². The fraction of sp³-hybridized carbons (Fsp3) is 0.320. The number of aromatic nitrogens is 1. The van der Waals surface area contributed by atoms with Gasteiger partial charge in [0.05, 0.1) is 15.2 Å². The molecule has 32 heavy (non-hydrogen) atoms. The third kappa shape index (κ3) is 3.88. The van der Waals surface area contributed by atoms with Crippen LogP contribution < -0.4 is 5.63 Å². The maximum atomic E-state index is 12.8. The molecule has 1 amide bonds. The van der Waals surface area contributed by atoms with Crippen LogP contribution in [0.2, 0.25) is 0 Å². The maximum Gasteiger partial charge on any atom is 0.339 e. The number of carbonyl (C=O) groups excluding carboxylic acids is 1. The molecule has 0 atom stereocenters. The molecular formula is C25H24N2O4S. The van der Waals surface area contributed by atoms with Gasteiger partial charge < -0.3 is 14.4 Å². The van der Waals surface area contributed by atoms with Crippen LogP contribution in [0.3, 0.4) is 0 Å². The lowest BCUT2D eigenvalue weighted by atomic mass is 9.96. The number of piperidine rings is 1. The molecular weight excluding hydrogens is 424 g/mol. The normalized spacial score (nSPS) is 15.0. The molecule has 0 aliphatic carbocycles. The second kappa shape index (κ2) is 8.39. The summed E-state index contributed by atoms with van der Waals surface area (Å²) < 4.78 is 6.58. The van der Waals surface area contributed by atoms with Gasteiger partial charge in [0.15, 0.2) is 0 Å². The number of para-hydroxylation sites is 1. The van der Waals surface area contributed by atoms with Gasteiger partial charge in [-0.15, -0.1) is 11.3 Å². The number of benzene rings is 2. The summed E-state index contributed by atoms with van der Waals surface area (Å²) in [5.74, 6) is 0.511. The molecule has 2 aromatic carbocycles. The van der Waals surface area contributed by atoms with Crippen LogP contribution in [-0.4, -0.2) is 34.0 Å². The number of phenolic OH excluding ortho intramolecular Hbond substituents is 1. The van der Waals surface area contributed by atoms with Crippen molar-refractivity contribution in [1.29, 1.82) is 0 Å². The van der Waals surface area contributed by atoms with Gasteiger partial charge in [0, 0.05) is 42.4 Å². The molecule has 1 fully saturated rings. The first-order chi connectivity index (χ1) is 15.5. The molecule has 1 aliphatic rings. The molecule has 7 heteroatoms. The average molecular weight is 449 g/mol. The van der Waals surface area contributed by atoms with Crippen molar-refractivity contribution < 1.29 is 14.3 Å². The Labute approximate surface area is 189 Å². The quantitative estimate of drug-likeness (QED) is 0.455. The standard InChI is InChI=1S/C25H24N2O4S/c1-15-18-7-6-17(28)14-21(18)31-25(30)19(15)8-9-23(29)27-12-10-16(11-13-27)24-26-20-4-2-3-5-22(20)32-24/h2-7,14,16,28H,8-13H2,1H3. The first-order valence-corrected chi connectivity index (χ1v) is 11.7. The molecule has 4 aromatic rings. The summed E-state index contributed by atoms with van der Waals surface area (Å²) in [6.45, 7) is 3.29. The highest BCUT2D eigenvalue weighted by molar-refractivity contribution is 7.18. The Morgan fingerprint density at radius 1 is 1.22 bits per heavy atom. The minimum absolute atomic E-state index is 0.0530. The molecule has 0 spiro atoms. The van der Waals surface area contributed by atoms with Crippen LogP contribution in [0.4, 0.5) is 0 Å². The summed E-state index contributed by atoms with van der Waals surface area (Å²) in [6.07, 6.45) is 2.45. The Balaban J connectivity index is 1.23. The fourth-order valence-electron chi connectivity index (χ4n) is 4.50. The summed E-state index contributed by atoms with van der Waals surface area (Å²) in [4.78, 5) is 32.0. The molecule has 1 saturated heterocycles. The second-order valence-corrected chi connectivity index (χ2v) is 9.41. The van der Waals surface area contributed by atoms with Gasteiger partial charge in [-0.3, -0.25) is 4.79 Å². The van der Waals surface area contributed by atoms with E-state index in [-0.39, 0.29) is 18.1 Å². The van der Waals surface area contributed by atoms with Gasteiger partial charge in [0.1, 0.15) is 11.3 Å². The van der Waals surface area contributed by atoms with Gasteiger partial charge in [-0.1, -0.05) is 12.1 Å². The summed E-state index contributed by atoms with van der Waals surface area (Å²) >= 11 is 1.75. The molecule has 2 aromatic heterocycles. The Kier molecular flexibility index (Phi) is 5.43. The van der Waals surface area contributed by atoms with E-state index in [2.05, 4.69) is 6.07 Å². The number of nitrogens with zero attached hydrogens (tertiary/aromatic N) is 2. The first kappa shape index (κ1) is 20.7. The van der Waals surface area contributed by atoms with E-state index < -0.39 is 5.63 Å². The van der Waals surface area contributed by atoms with Crippen molar-refractivity contribution in [2.24, 2.45) is 0 Å². The van der Waals surface area contributed by atoms with E-state index >= 15 is 0 Å². The number of carbonyl (C=O) groups is 1. The number of thiazole rings is 1. The topological polar surface area (TPSA) is 83.6 Å². The van der Waals surface area contributed by atoms with Crippen molar-refractivity contribution in [3.05, 3.63) is 69.0 Å². The molecule has 164 valence electrons. The number of fused-ring (bicyclic) bond motifs is 2. The van der Waals surface area contributed by atoms with Crippen molar-refractivity contribution in [3.63, 3.8) is 0 Å². The molecule has 0 bridgehead atoms. The van der Waals surface area contributed by atoms with Crippen molar-refractivity contribution in [1.82, 2.24) is 9.88 Å². The molecule has 1 aliphatic heterocycles. The van der Waals surface area contributed by atoms with E-state index in [4.69, 9.17) is 9.40 Å². The van der Waals surface area contributed by atoms with Gasteiger partial charge >= 0.3 is 5.63 Å². The number of hydrogen-bond donors (Lipinski definition) is 1. The summed E-state index contributed by atoms with van der Waals surface area (Å²) in [6, 6.07) is 12.9. The number of aryl methyl sites for hydroxylation is 1. The molecule has 5 rings (SSSR count). The predicted octanol–water partition coefficient (Wildman–Crippen LogP) is 4.76. The van der Waals surface area contributed by atoms with Crippen LogP contribution in [-0.2, 0) is 11.2 Å². The molecule has 1 N–H and O–H groups in total. The van der Waals surface area contributed by atoms with Crippen LogP contribution in [0.15, 0.2) is 51.7 Å². The van der Waals surface area contributed by atoms with E-state index in [0.29, 0.717) is 36.6 Å². The molecule has 3 heterocycles. The van der Waals surface area contributed by atoms with E-state index in [1.54, 1.807) is 23.5 Å². The Bertz CT molecular complexity index is 1330. The Morgan fingerprint density at radius 3 is 2.78 bits per heavy atom. The molecule has 0 unspecified atom stereocenters. The molecule has 0 saturated carbocycles. The number of likely N-dealkylation sites (tertiary alicyclic amines) is 1. The Hall–Kier alpha value is -3.19.